The van der Waals surface area contributed by atoms with Crippen LogP contribution in [0.4, 0.5) is 0 Å². The van der Waals surface area contributed by atoms with E-state index in [1.54, 1.807) is 0 Å². The highest BCUT2D eigenvalue weighted by molar-refractivity contribution is 5.85. The molecule has 0 aromatic carbocycles. The standard InChI is InChI=1S/C13H24N2.ClH/c1-2-12(11-3-4-11)10-15(9-1)13-5-7-14-8-6-13;/h11-14H,1-10H2;1H. The normalized spacial score (nSPS) is 33.4. The molecule has 0 spiro atoms. The third-order valence-electron chi connectivity index (χ3n) is 4.60. The van der Waals surface area contributed by atoms with Crippen molar-refractivity contribution in [2.75, 3.05) is 26.2 Å². The Morgan fingerprint density at radius 1 is 0.875 bits per heavy atom. The minimum Gasteiger partial charge on any atom is -0.317 e. The molecule has 2 nitrogen and oxygen atoms in total. The van der Waals surface area contributed by atoms with Crippen LogP contribution in [0.25, 0.3) is 0 Å². The smallest absolute Gasteiger partial charge is 0.0119 e. The van der Waals surface area contributed by atoms with Gasteiger partial charge in [0.05, 0.1) is 0 Å². The van der Waals surface area contributed by atoms with Gasteiger partial charge < -0.3 is 10.2 Å². The van der Waals surface area contributed by atoms with Crippen LogP contribution in [0.3, 0.4) is 0 Å². The zero-order valence-corrected chi connectivity index (χ0v) is 11.0. The molecule has 0 radical (unpaired) electrons. The quantitative estimate of drug-likeness (QED) is 0.802. The summed E-state index contributed by atoms with van der Waals surface area (Å²) in [6, 6.07) is 0.910. The van der Waals surface area contributed by atoms with Gasteiger partial charge in [-0.2, -0.15) is 0 Å². The van der Waals surface area contributed by atoms with Gasteiger partial charge in [0.1, 0.15) is 0 Å². The molecule has 1 unspecified atom stereocenters. The SMILES string of the molecule is C1CC(C2CC2)CN(C2CCNCC2)C1.Cl. The topological polar surface area (TPSA) is 15.3 Å². The maximum absolute atomic E-state index is 3.47. The van der Waals surface area contributed by atoms with E-state index in [9.17, 15) is 0 Å². The second kappa shape index (κ2) is 5.70. The highest BCUT2D eigenvalue weighted by atomic mass is 35.5. The van der Waals surface area contributed by atoms with Crippen molar-refractivity contribution in [2.45, 2.75) is 44.6 Å². The second-order valence-corrected chi connectivity index (χ2v) is 5.72. The lowest BCUT2D eigenvalue weighted by Gasteiger charge is -2.40. The zero-order valence-electron chi connectivity index (χ0n) is 10.2. The number of likely N-dealkylation sites (tertiary alicyclic amines) is 1. The van der Waals surface area contributed by atoms with E-state index in [1.165, 1.54) is 64.7 Å². The Morgan fingerprint density at radius 2 is 1.62 bits per heavy atom. The fraction of sp³-hybridized carbons (Fsp3) is 1.00. The third-order valence-corrected chi connectivity index (χ3v) is 4.60. The summed E-state index contributed by atoms with van der Waals surface area (Å²) in [5.41, 5.74) is 0. The number of hydrogen-bond acceptors (Lipinski definition) is 2. The fourth-order valence-corrected chi connectivity index (χ4v) is 3.50. The minimum atomic E-state index is 0. The summed E-state index contributed by atoms with van der Waals surface area (Å²) in [5, 5.41) is 3.47. The average molecular weight is 245 g/mol. The first-order valence-electron chi connectivity index (χ1n) is 6.88. The van der Waals surface area contributed by atoms with E-state index in [0.29, 0.717) is 0 Å². The molecule has 3 rings (SSSR count). The first-order valence-corrected chi connectivity index (χ1v) is 6.88. The third kappa shape index (κ3) is 2.91. The van der Waals surface area contributed by atoms with Crippen LogP contribution in [-0.2, 0) is 0 Å². The van der Waals surface area contributed by atoms with Crippen LogP contribution in [0, 0.1) is 11.8 Å². The van der Waals surface area contributed by atoms with Gasteiger partial charge in [0.15, 0.2) is 0 Å². The zero-order chi connectivity index (χ0) is 10.1. The van der Waals surface area contributed by atoms with E-state index < -0.39 is 0 Å². The molecule has 0 amide bonds. The van der Waals surface area contributed by atoms with Gasteiger partial charge in [0, 0.05) is 12.6 Å². The van der Waals surface area contributed by atoms with Crippen molar-refractivity contribution in [3.63, 3.8) is 0 Å². The molecular formula is C13H25ClN2. The molecule has 2 heterocycles. The Labute approximate surface area is 106 Å². The molecule has 3 heteroatoms. The summed E-state index contributed by atoms with van der Waals surface area (Å²) in [5.74, 6) is 2.18. The fourth-order valence-electron chi connectivity index (χ4n) is 3.50. The maximum atomic E-state index is 3.47. The van der Waals surface area contributed by atoms with Crippen LogP contribution in [0.15, 0.2) is 0 Å². The van der Waals surface area contributed by atoms with Gasteiger partial charge in [-0.25, -0.2) is 0 Å². The lowest BCUT2D eigenvalue weighted by Crippen LogP contribution is -2.47. The molecule has 0 aromatic heterocycles. The monoisotopic (exact) mass is 244 g/mol. The van der Waals surface area contributed by atoms with Crippen molar-refractivity contribution in [3.05, 3.63) is 0 Å². The molecule has 3 aliphatic rings. The second-order valence-electron chi connectivity index (χ2n) is 5.72. The van der Waals surface area contributed by atoms with Crippen molar-refractivity contribution in [1.82, 2.24) is 10.2 Å². The predicted octanol–water partition coefficient (Wildman–Crippen LogP) is 2.28. The van der Waals surface area contributed by atoms with Crippen molar-refractivity contribution < 1.29 is 0 Å². The number of hydrogen-bond donors (Lipinski definition) is 1. The van der Waals surface area contributed by atoms with Crippen molar-refractivity contribution >= 4 is 12.4 Å². The molecule has 3 fully saturated rings. The number of halogens is 1. The van der Waals surface area contributed by atoms with E-state index in [1.807, 2.05) is 0 Å². The minimum absolute atomic E-state index is 0. The van der Waals surface area contributed by atoms with Crippen molar-refractivity contribution in [2.24, 2.45) is 11.8 Å². The summed E-state index contributed by atoms with van der Waals surface area (Å²) >= 11 is 0. The molecular weight excluding hydrogens is 220 g/mol. The van der Waals surface area contributed by atoms with Crippen LogP contribution in [0.2, 0.25) is 0 Å². The summed E-state index contributed by atoms with van der Waals surface area (Å²) in [6.07, 6.45) is 8.82. The highest BCUT2D eigenvalue weighted by Gasteiger charge is 2.35. The number of rotatable bonds is 2. The van der Waals surface area contributed by atoms with E-state index in [4.69, 9.17) is 0 Å². The van der Waals surface area contributed by atoms with Gasteiger partial charge in [0.25, 0.3) is 0 Å². The van der Waals surface area contributed by atoms with E-state index in [2.05, 4.69) is 10.2 Å². The van der Waals surface area contributed by atoms with Gasteiger partial charge >= 0.3 is 0 Å². The van der Waals surface area contributed by atoms with Crippen LogP contribution in [0.1, 0.15) is 38.5 Å². The average Bonchev–Trinajstić information content (AvgIpc) is 3.14. The first-order chi connectivity index (χ1) is 7.43. The van der Waals surface area contributed by atoms with Gasteiger partial charge in [-0.1, -0.05) is 0 Å². The van der Waals surface area contributed by atoms with E-state index >= 15 is 0 Å². The molecule has 0 bridgehead atoms. The lowest BCUT2D eigenvalue weighted by atomic mass is 9.91. The summed E-state index contributed by atoms with van der Waals surface area (Å²) < 4.78 is 0. The maximum Gasteiger partial charge on any atom is 0.0119 e. The molecule has 1 N–H and O–H groups in total. The van der Waals surface area contributed by atoms with Crippen LogP contribution in [-0.4, -0.2) is 37.1 Å². The largest absolute Gasteiger partial charge is 0.317 e. The number of piperidine rings is 2. The van der Waals surface area contributed by atoms with Crippen molar-refractivity contribution in [3.8, 4) is 0 Å². The molecule has 94 valence electrons. The van der Waals surface area contributed by atoms with Crippen LogP contribution in [0.5, 0.6) is 0 Å². The Balaban J connectivity index is 0.000000963. The lowest BCUT2D eigenvalue weighted by molar-refractivity contribution is 0.0948. The molecule has 1 saturated carbocycles. The molecule has 16 heavy (non-hydrogen) atoms. The first kappa shape index (κ1) is 12.7. The summed E-state index contributed by atoms with van der Waals surface area (Å²) in [4.78, 5) is 2.81. The highest BCUT2D eigenvalue weighted by Crippen LogP contribution is 2.41. The number of nitrogens with one attached hydrogen (secondary N) is 1. The van der Waals surface area contributed by atoms with Gasteiger partial charge in [0.2, 0.25) is 0 Å². The van der Waals surface area contributed by atoms with Crippen molar-refractivity contribution in [1.29, 1.82) is 0 Å². The Hall–Kier alpha value is 0.210. The summed E-state index contributed by atoms with van der Waals surface area (Å²) in [7, 11) is 0. The predicted molar refractivity (Wildman–Crippen MR) is 70.2 cm³/mol. The van der Waals surface area contributed by atoms with Gasteiger partial charge in [-0.3, -0.25) is 0 Å². The Kier molecular flexibility index (Phi) is 4.51. The Morgan fingerprint density at radius 3 is 2.31 bits per heavy atom. The van der Waals surface area contributed by atoms with E-state index in [0.717, 1.165) is 17.9 Å². The molecule has 1 aliphatic carbocycles. The molecule has 0 aromatic rings. The molecule has 2 saturated heterocycles. The van der Waals surface area contributed by atoms with Crippen LogP contribution >= 0.6 is 12.4 Å². The van der Waals surface area contributed by atoms with E-state index in [-0.39, 0.29) is 12.4 Å². The molecule has 1 atom stereocenters. The summed E-state index contributed by atoms with van der Waals surface area (Å²) in [6.45, 7) is 5.30. The Bertz CT molecular complexity index is 212. The number of nitrogens with zero attached hydrogens (tertiary/aromatic N) is 1. The van der Waals surface area contributed by atoms with Gasteiger partial charge in [-0.15, -0.1) is 12.4 Å². The van der Waals surface area contributed by atoms with Gasteiger partial charge in [-0.05, 0) is 70.0 Å². The van der Waals surface area contributed by atoms with Crippen LogP contribution < -0.4 is 5.32 Å². The molecule has 2 aliphatic heterocycles.